The number of aromatic nitrogens is 3. The van der Waals surface area contributed by atoms with E-state index in [-0.39, 0.29) is 5.91 Å². The number of rotatable bonds is 5. The maximum absolute atomic E-state index is 12.2. The molecule has 0 aliphatic rings. The van der Waals surface area contributed by atoms with E-state index in [1.165, 1.54) is 0 Å². The van der Waals surface area contributed by atoms with Crippen LogP contribution in [0.5, 0.6) is 0 Å². The van der Waals surface area contributed by atoms with Crippen molar-refractivity contribution in [3.63, 3.8) is 0 Å². The molecule has 3 aromatic rings. The van der Waals surface area contributed by atoms with Crippen molar-refractivity contribution in [2.24, 2.45) is 0 Å². The molecule has 1 amide bonds. The Morgan fingerprint density at radius 3 is 2.95 bits per heavy atom. The number of hydrogen-bond acceptors (Lipinski definition) is 4. The Hall–Kier alpha value is -2.63. The standard InChI is InChI=1S/C16H18N4O2/c1-12-9-13(18-22-12)10-19(2)16(21)7-8-20-11-17-14-5-3-4-6-15(14)20/h3-6,9,11H,7-8,10H2,1-2H3. The highest BCUT2D eigenvalue weighted by molar-refractivity contribution is 5.77. The van der Waals surface area contributed by atoms with Gasteiger partial charge in [0.1, 0.15) is 11.5 Å². The highest BCUT2D eigenvalue weighted by Gasteiger charge is 2.12. The first kappa shape index (κ1) is 14.3. The van der Waals surface area contributed by atoms with Gasteiger partial charge in [-0.15, -0.1) is 0 Å². The molecule has 114 valence electrons. The van der Waals surface area contributed by atoms with Crippen LogP contribution in [0.15, 0.2) is 41.2 Å². The van der Waals surface area contributed by atoms with E-state index in [4.69, 9.17) is 4.52 Å². The van der Waals surface area contributed by atoms with Gasteiger partial charge in [0.05, 0.1) is 23.9 Å². The van der Waals surface area contributed by atoms with Crippen molar-refractivity contribution in [3.8, 4) is 0 Å². The number of aryl methyl sites for hydroxylation is 2. The molecule has 6 nitrogen and oxygen atoms in total. The average Bonchev–Trinajstić information content (AvgIpc) is 3.11. The molecular formula is C16H18N4O2. The van der Waals surface area contributed by atoms with Gasteiger partial charge in [-0.1, -0.05) is 17.3 Å². The molecule has 0 saturated heterocycles. The zero-order valence-corrected chi connectivity index (χ0v) is 12.7. The lowest BCUT2D eigenvalue weighted by atomic mass is 10.3. The summed E-state index contributed by atoms with van der Waals surface area (Å²) >= 11 is 0. The summed E-state index contributed by atoms with van der Waals surface area (Å²) in [6.45, 7) is 2.91. The molecule has 0 bridgehead atoms. The summed E-state index contributed by atoms with van der Waals surface area (Å²) in [7, 11) is 1.78. The lowest BCUT2D eigenvalue weighted by molar-refractivity contribution is -0.130. The molecule has 1 aromatic carbocycles. The van der Waals surface area contributed by atoms with Crippen LogP contribution in [-0.2, 0) is 17.9 Å². The molecule has 0 aliphatic carbocycles. The van der Waals surface area contributed by atoms with Crippen LogP contribution >= 0.6 is 0 Å². The zero-order valence-electron chi connectivity index (χ0n) is 12.7. The van der Waals surface area contributed by atoms with Gasteiger partial charge in [0.15, 0.2) is 0 Å². The van der Waals surface area contributed by atoms with Crippen molar-refractivity contribution in [1.29, 1.82) is 0 Å². The number of para-hydroxylation sites is 2. The van der Waals surface area contributed by atoms with Crippen molar-refractivity contribution in [2.45, 2.75) is 26.4 Å². The summed E-state index contributed by atoms with van der Waals surface area (Å²) in [5.74, 6) is 0.819. The Balaban J connectivity index is 1.59. The minimum absolute atomic E-state index is 0.0680. The fourth-order valence-corrected chi connectivity index (χ4v) is 2.42. The number of carbonyl (C=O) groups excluding carboxylic acids is 1. The molecule has 2 aromatic heterocycles. The molecule has 2 heterocycles. The largest absolute Gasteiger partial charge is 0.361 e. The van der Waals surface area contributed by atoms with E-state index in [1.807, 2.05) is 41.8 Å². The fraction of sp³-hybridized carbons (Fsp3) is 0.312. The van der Waals surface area contributed by atoms with E-state index in [9.17, 15) is 4.79 Å². The summed E-state index contributed by atoms with van der Waals surface area (Å²) in [6, 6.07) is 9.74. The van der Waals surface area contributed by atoms with Crippen LogP contribution in [0.1, 0.15) is 17.9 Å². The van der Waals surface area contributed by atoms with E-state index < -0.39 is 0 Å². The van der Waals surface area contributed by atoms with Crippen LogP contribution < -0.4 is 0 Å². The number of carbonyl (C=O) groups is 1. The SMILES string of the molecule is Cc1cc(CN(C)C(=O)CCn2cnc3ccccc32)no1. The van der Waals surface area contributed by atoms with Crippen LogP contribution in [0.25, 0.3) is 11.0 Å². The second-order valence-electron chi connectivity index (χ2n) is 5.36. The molecule has 0 aliphatic heterocycles. The number of fused-ring (bicyclic) bond motifs is 1. The van der Waals surface area contributed by atoms with E-state index in [1.54, 1.807) is 18.3 Å². The number of imidazole rings is 1. The van der Waals surface area contributed by atoms with Gasteiger partial charge in [0.2, 0.25) is 5.91 Å². The van der Waals surface area contributed by atoms with Crippen molar-refractivity contribution in [2.75, 3.05) is 7.05 Å². The van der Waals surface area contributed by atoms with Gasteiger partial charge in [0.25, 0.3) is 0 Å². The minimum Gasteiger partial charge on any atom is -0.361 e. The van der Waals surface area contributed by atoms with Gasteiger partial charge in [-0.3, -0.25) is 4.79 Å². The van der Waals surface area contributed by atoms with E-state index in [2.05, 4.69) is 10.1 Å². The van der Waals surface area contributed by atoms with E-state index in [0.29, 0.717) is 19.5 Å². The molecule has 0 fully saturated rings. The first-order valence-electron chi connectivity index (χ1n) is 7.19. The molecule has 0 saturated carbocycles. The topological polar surface area (TPSA) is 64.2 Å². The van der Waals surface area contributed by atoms with Crippen LogP contribution in [0.4, 0.5) is 0 Å². The van der Waals surface area contributed by atoms with Crippen molar-refractivity contribution in [1.82, 2.24) is 19.6 Å². The van der Waals surface area contributed by atoms with Crippen LogP contribution in [0.3, 0.4) is 0 Å². The zero-order chi connectivity index (χ0) is 15.5. The summed E-state index contributed by atoms with van der Waals surface area (Å²) in [4.78, 5) is 18.2. The molecule has 0 N–H and O–H groups in total. The molecule has 0 unspecified atom stereocenters. The second kappa shape index (κ2) is 6.01. The highest BCUT2D eigenvalue weighted by atomic mass is 16.5. The van der Waals surface area contributed by atoms with Crippen LogP contribution in [0.2, 0.25) is 0 Å². The molecule has 3 rings (SSSR count). The van der Waals surface area contributed by atoms with Crippen LogP contribution in [0, 0.1) is 6.92 Å². The maximum atomic E-state index is 12.2. The highest BCUT2D eigenvalue weighted by Crippen LogP contribution is 2.13. The number of nitrogens with zero attached hydrogens (tertiary/aromatic N) is 4. The van der Waals surface area contributed by atoms with Gasteiger partial charge in [-0.25, -0.2) is 4.98 Å². The van der Waals surface area contributed by atoms with Crippen LogP contribution in [-0.4, -0.2) is 32.6 Å². The van der Waals surface area contributed by atoms with Crippen molar-refractivity contribution >= 4 is 16.9 Å². The Labute approximate surface area is 128 Å². The molecule has 0 radical (unpaired) electrons. The van der Waals surface area contributed by atoms with E-state index in [0.717, 1.165) is 22.5 Å². The minimum atomic E-state index is 0.0680. The predicted molar refractivity (Wildman–Crippen MR) is 82.1 cm³/mol. The van der Waals surface area contributed by atoms with Gasteiger partial charge < -0.3 is 14.0 Å². The van der Waals surface area contributed by atoms with Gasteiger partial charge in [-0.2, -0.15) is 0 Å². The first-order chi connectivity index (χ1) is 10.6. The molecular weight excluding hydrogens is 280 g/mol. The number of benzene rings is 1. The molecule has 22 heavy (non-hydrogen) atoms. The second-order valence-corrected chi connectivity index (χ2v) is 5.36. The summed E-state index contributed by atoms with van der Waals surface area (Å²) in [6.07, 6.45) is 2.20. The first-order valence-corrected chi connectivity index (χ1v) is 7.19. The Morgan fingerprint density at radius 1 is 1.36 bits per heavy atom. The number of hydrogen-bond donors (Lipinski definition) is 0. The van der Waals surface area contributed by atoms with Gasteiger partial charge >= 0.3 is 0 Å². The maximum Gasteiger partial charge on any atom is 0.224 e. The smallest absolute Gasteiger partial charge is 0.224 e. The average molecular weight is 298 g/mol. The normalized spacial score (nSPS) is 11.0. The van der Waals surface area contributed by atoms with Gasteiger partial charge in [-0.05, 0) is 19.1 Å². The summed E-state index contributed by atoms with van der Waals surface area (Å²) in [5, 5.41) is 3.90. The third-order valence-corrected chi connectivity index (χ3v) is 3.60. The number of amides is 1. The predicted octanol–water partition coefficient (Wildman–Crippen LogP) is 2.38. The molecule has 0 atom stereocenters. The Kier molecular flexibility index (Phi) is 3.91. The van der Waals surface area contributed by atoms with Crippen molar-refractivity contribution in [3.05, 3.63) is 48.1 Å². The molecule has 0 spiro atoms. The monoisotopic (exact) mass is 298 g/mol. The summed E-state index contributed by atoms with van der Waals surface area (Å²) < 4.78 is 7.01. The fourth-order valence-electron chi connectivity index (χ4n) is 2.42. The van der Waals surface area contributed by atoms with E-state index >= 15 is 0 Å². The van der Waals surface area contributed by atoms with Gasteiger partial charge in [0, 0.05) is 26.1 Å². The van der Waals surface area contributed by atoms with Crippen molar-refractivity contribution < 1.29 is 9.32 Å². The third-order valence-electron chi connectivity index (χ3n) is 3.60. The Morgan fingerprint density at radius 2 is 2.18 bits per heavy atom. The third kappa shape index (κ3) is 3.00. The summed E-state index contributed by atoms with van der Waals surface area (Å²) in [5.41, 5.74) is 2.76. The Bertz CT molecular complexity index is 790. The molecule has 6 heteroatoms. The lowest BCUT2D eigenvalue weighted by Crippen LogP contribution is -2.27. The lowest BCUT2D eigenvalue weighted by Gasteiger charge is -2.15. The quantitative estimate of drug-likeness (QED) is 0.725.